The number of phenolic OH excluding ortho intramolecular Hbond substituents is 2. The smallest absolute Gasteiger partial charge is 0.259 e. The van der Waals surface area contributed by atoms with Crippen molar-refractivity contribution in [3.05, 3.63) is 201 Å². The molecule has 0 spiro atoms. The van der Waals surface area contributed by atoms with Gasteiger partial charge in [-0.1, -0.05) is 84.9 Å². The van der Waals surface area contributed by atoms with Crippen LogP contribution < -0.4 is 21.3 Å². The van der Waals surface area contributed by atoms with Crippen LogP contribution in [0.1, 0.15) is 74.8 Å². The predicted molar refractivity (Wildman–Crippen MR) is 251 cm³/mol. The molecule has 0 bridgehead atoms. The molecule has 0 saturated heterocycles. The molecule has 6 N–H and O–H groups in total. The highest BCUT2D eigenvalue weighted by Crippen LogP contribution is 2.42. The zero-order valence-electron chi connectivity index (χ0n) is 35.1. The molecule has 4 amide bonds. The summed E-state index contributed by atoms with van der Waals surface area (Å²) in [6, 6.07) is 42.4. The largest absolute Gasteiger partial charge is 0.507 e. The number of nitrogens with one attached hydrogen (secondary N) is 4. The van der Waals surface area contributed by atoms with Gasteiger partial charge in [0.1, 0.15) is 11.5 Å². The van der Waals surface area contributed by atoms with E-state index < -0.39 is 11.8 Å². The van der Waals surface area contributed by atoms with Crippen LogP contribution in [0, 0.1) is 27.7 Å². The minimum absolute atomic E-state index is 0.0554. The Hall–Kier alpha value is -8.24. The van der Waals surface area contributed by atoms with Crippen molar-refractivity contribution in [3.8, 4) is 11.5 Å². The van der Waals surface area contributed by atoms with Crippen LogP contribution >= 0.6 is 0 Å². The lowest BCUT2D eigenvalue weighted by molar-refractivity contribution is 0.101. The van der Waals surface area contributed by atoms with Gasteiger partial charge < -0.3 is 31.5 Å². The summed E-state index contributed by atoms with van der Waals surface area (Å²) in [4.78, 5) is 55.2. The van der Waals surface area contributed by atoms with Crippen LogP contribution in [0.3, 0.4) is 0 Å². The molecule has 0 aromatic heterocycles. The second-order valence-corrected chi connectivity index (χ2v) is 15.6. The van der Waals surface area contributed by atoms with Gasteiger partial charge in [-0.05, 0) is 132 Å². The van der Waals surface area contributed by atoms with E-state index in [4.69, 9.17) is 0 Å². The fraction of sp³-hybridized carbons (Fsp3) is 0.0943. The van der Waals surface area contributed by atoms with Gasteiger partial charge in [-0.15, -0.1) is 0 Å². The molecule has 0 fully saturated rings. The van der Waals surface area contributed by atoms with Crippen LogP contribution in [0.15, 0.2) is 146 Å². The number of para-hydroxylation sites is 3. The molecule has 0 aliphatic carbocycles. The van der Waals surface area contributed by atoms with Crippen molar-refractivity contribution in [2.24, 2.45) is 0 Å². The van der Waals surface area contributed by atoms with Crippen molar-refractivity contribution >= 4 is 67.9 Å². The van der Waals surface area contributed by atoms with Crippen molar-refractivity contribution in [2.75, 3.05) is 21.3 Å². The fourth-order valence-electron chi connectivity index (χ4n) is 7.76. The van der Waals surface area contributed by atoms with Crippen LogP contribution in [0.2, 0.25) is 0 Å². The molecule has 0 heterocycles. The molecule has 0 aliphatic heterocycles. The van der Waals surface area contributed by atoms with Crippen LogP contribution in [0.4, 0.5) is 22.7 Å². The van der Waals surface area contributed by atoms with Gasteiger partial charge >= 0.3 is 0 Å². The average molecular weight is 833 g/mol. The molecule has 312 valence electrons. The van der Waals surface area contributed by atoms with Gasteiger partial charge in [0.2, 0.25) is 0 Å². The van der Waals surface area contributed by atoms with Gasteiger partial charge in [0.05, 0.1) is 11.3 Å². The standard InChI is InChI=1S/C53H44N4O6/c1-30-13-5-9-17-38(30)52(62)57-47-28-37-26-35(51(61)55-45-19-11-7-15-32(45)3)22-24-40(37)42(49(47)59)29-41-39-23-21-34(50(60)54-44-18-10-6-14-31(44)2)25-36(39)27-43(48(41)58)53(63)56-46-20-12-8-16-33(46)4/h5-28,58-59H,29H2,1-4H3,(H,54,60)(H,55,61)(H,56,63)(H,57,62). The zero-order chi connectivity index (χ0) is 44.4. The van der Waals surface area contributed by atoms with E-state index in [9.17, 15) is 29.4 Å². The van der Waals surface area contributed by atoms with E-state index in [1.165, 1.54) is 0 Å². The molecular formula is C53H44N4O6. The van der Waals surface area contributed by atoms with Gasteiger partial charge in [0, 0.05) is 51.3 Å². The molecule has 8 rings (SSSR count). The number of carbonyl (C=O) groups excluding carboxylic acids is 4. The number of phenols is 2. The van der Waals surface area contributed by atoms with E-state index in [-0.39, 0.29) is 46.5 Å². The molecule has 10 heteroatoms. The summed E-state index contributed by atoms with van der Waals surface area (Å²) < 4.78 is 0. The second-order valence-electron chi connectivity index (χ2n) is 15.6. The number of aryl methyl sites for hydroxylation is 4. The summed E-state index contributed by atoms with van der Waals surface area (Å²) in [6.45, 7) is 7.47. The predicted octanol–water partition coefficient (Wildman–Crippen LogP) is 11.2. The Morgan fingerprint density at radius 2 is 0.794 bits per heavy atom. The van der Waals surface area contributed by atoms with Crippen LogP contribution in [-0.2, 0) is 6.42 Å². The molecule has 0 radical (unpaired) electrons. The molecule has 0 atom stereocenters. The summed E-state index contributed by atoms with van der Waals surface area (Å²) in [7, 11) is 0. The minimum atomic E-state index is -0.586. The number of aromatic hydroxyl groups is 2. The summed E-state index contributed by atoms with van der Waals surface area (Å²) in [5.74, 6) is -2.36. The van der Waals surface area contributed by atoms with Crippen LogP contribution in [-0.4, -0.2) is 33.8 Å². The van der Waals surface area contributed by atoms with E-state index in [0.29, 0.717) is 60.9 Å². The Bertz CT molecular complexity index is 3160. The lowest BCUT2D eigenvalue weighted by Crippen LogP contribution is -2.15. The van der Waals surface area contributed by atoms with Crippen molar-refractivity contribution in [3.63, 3.8) is 0 Å². The van der Waals surface area contributed by atoms with E-state index in [1.54, 1.807) is 72.8 Å². The maximum atomic E-state index is 14.1. The topological polar surface area (TPSA) is 157 Å². The third-order valence-corrected chi connectivity index (χ3v) is 11.4. The van der Waals surface area contributed by atoms with E-state index in [2.05, 4.69) is 21.3 Å². The van der Waals surface area contributed by atoms with E-state index in [1.807, 2.05) is 100 Å². The van der Waals surface area contributed by atoms with Gasteiger partial charge in [0.25, 0.3) is 23.6 Å². The lowest BCUT2D eigenvalue weighted by atomic mass is 9.90. The minimum Gasteiger partial charge on any atom is -0.507 e. The maximum absolute atomic E-state index is 14.1. The lowest BCUT2D eigenvalue weighted by Gasteiger charge is -2.19. The molecule has 8 aromatic carbocycles. The number of hydrogen-bond donors (Lipinski definition) is 6. The third kappa shape index (κ3) is 8.55. The first kappa shape index (κ1) is 41.5. The fourth-order valence-corrected chi connectivity index (χ4v) is 7.76. The molecule has 0 aliphatic rings. The Morgan fingerprint density at radius 3 is 1.29 bits per heavy atom. The SMILES string of the molecule is Cc1ccccc1NC(=O)c1ccc2c(Cc3c(O)c(C(=O)Nc4ccccc4C)cc4cc(C(=O)Nc5ccccc5C)ccc34)c(O)c(NC(=O)c3ccccc3C)cc2c1. The summed E-state index contributed by atoms with van der Waals surface area (Å²) in [5.41, 5.74) is 6.86. The number of amides is 4. The quantitative estimate of drug-likeness (QED) is 0.0753. The molecular weight excluding hydrogens is 789 g/mol. The van der Waals surface area contributed by atoms with E-state index in [0.717, 1.165) is 22.3 Å². The number of fused-ring (bicyclic) bond motifs is 2. The Morgan fingerprint density at radius 1 is 0.397 bits per heavy atom. The summed E-state index contributed by atoms with van der Waals surface area (Å²) in [5, 5.41) is 38.1. The maximum Gasteiger partial charge on any atom is 0.259 e. The highest BCUT2D eigenvalue weighted by Gasteiger charge is 2.24. The normalized spacial score (nSPS) is 11.0. The Labute approximate surface area is 364 Å². The molecule has 0 unspecified atom stereocenters. The molecule has 0 saturated carbocycles. The summed E-state index contributed by atoms with van der Waals surface area (Å²) in [6.07, 6.45) is -0.131. The van der Waals surface area contributed by atoms with Crippen molar-refractivity contribution in [1.82, 2.24) is 0 Å². The Balaban J connectivity index is 1.27. The molecule has 8 aromatic rings. The van der Waals surface area contributed by atoms with E-state index >= 15 is 0 Å². The number of benzene rings is 8. The number of carbonyl (C=O) groups is 4. The van der Waals surface area contributed by atoms with Gasteiger partial charge in [0.15, 0.2) is 0 Å². The average Bonchev–Trinajstić information content (AvgIpc) is 3.27. The first-order valence-electron chi connectivity index (χ1n) is 20.4. The summed E-state index contributed by atoms with van der Waals surface area (Å²) >= 11 is 0. The third-order valence-electron chi connectivity index (χ3n) is 11.4. The first-order chi connectivity index (χ1) is 30.4. The van der Waals surface area contributed by atoms with Crippen LogP contribution in [0.5, 0.6) is 11.5 Å². The van der Waals surface area contributed by atoms with Gasteiger partial charge in [-0.3, -0.25) is 19.2 Å². The Kier molecular flexibility index (Phi) is 11.5. The molecule has 10 nitrogen and oxygen atoms in total. The highest BCUT2D eigenvalue weighted by molar-refractivity contribution is 6.13. The van der Waals surface area contributed by atoms with Crippen LogP contribution in [0.25, 0.3) is 21.5 Å². The monoisotopic (exact) mass is 832 g/mol. The van der Waals surface area contributed by atoms with Crippen molar-refractivity contribution in [2.45, 2.75) is 34.1 Å². The first-order valence-corrected chi connectivity index (χ1v) is 20.4. The number of anilines is 4. The zero-order valence-corrected chi connectivity index (χ0v) is 35.1. The molecule has 63 heavy (non-hydrogen) atoms. The highest BCUT2D eigenvalue weighted by atomic mass is 16.3. The van der Waals surface area contributed by atoms with Crippen molar-refractivity contribution < 1.29 is 29.4 Å². The van der Waals surface area contributed by atoms with Crippen molar-refractivity contribution in [1.29, 1.82) is 0 Å². The van der Waals surface area contributed by atoms with Gasteiger partial charge in [-0.2, -0.15) is 0 Å². The number of rotatable bonds is 10. The van der Waals surface area contributed by atoms with Gasteiger partial charge in [-0.25, -0.2) is 0 Å². The number of hydrogen-bond acceptors (Lipinski definition) is 6. The second kappa shape index (κ2) is 17.4.